The van der Waals surface area contributed by atoms with Crippen molar-refractivity contribution in [2.75, 3.05) is 18.8 Å². The van der Waals surface area contributed by atoms with Crippen LogP contribution in [0, 0.1) is 11.3 Å². The molecule has 2 atom stereocenters. The third kappa shape index (κ3) is 2.80. The molecular weight excluding hydrogens is 294 g/mol. The second-order valence-corrected chi connectivity index (χ2v) is 8.78. The van der Waals surface area contributed by atoms with Crippen molar-refractivity contribution in [3.63, 3.8) is 0 Å². The van der Waals surface area contributed by atoms with Crippen molar-refractivity contribution in [3.8, 4) is 0 Å². The van der Waals surface area contributed by atoms with Crippen molar-refractivity contribution in [3.05, 3.63) is 0 Å². The van der Waals surface area contributed by atoms with Crippen molar-refractivity contribution < 1.29 is 23.1 Å². The van der Waals surface area contributed by atoms with Gasteiger partial charge < -0.3 is 10.0 Å². The zero-order chi connectivity index (χ0) is 15.8. The van der Waals surface area contributed by atoms with Crippen LogP contribution in [0.15, 0.2) is 0 Å². The topological polar surface area (TPSA) is 91.8 Å². The molecule has 7 heteroatoms. The first-order valence-corrected chi connectivity index (χ1v) is 9.16. The molecule has 2 aliphatic heterocycles. The average molecular weight is 317 g/mol. The SMILES string of the molecule is CC(C)C1(C(=O)O)CCN(C(=O)C2CCCCS2(=O)=O)C1. The molecule has 120 valence electrons. The Labute approximate surface area is 125 Å². The second-order valence-electron chi connectivity index (χ2n) is 6.48. The Balaban J connectivity index is 2.17. The van der Waals surface area contributed by atoms with E-state index in [0.717, 1.165) is 6.42 Å². The van der Waals surface area contributed by atoms with E-state index < -0.39 is 32.4 Å². The van der Waals surface area contributed by atoms with Gasteiger partial charge in [0.05, 0.1) is 11.2 Å². The Kier molecular flexibility index (Phi) is 4.33. The second kappa shape index (κ2) is 5.59. The van der Waals surface area contributed by atoms with Crippen molar-refractivity contribution in [1.29, 1.82) is 0 Å². The summed E-state index contributed by atoms with van der Waals surface area (Å²) in [5.74, 6) is -1.35. The summed E-state index contributed by atoms with van der Waals surface area (Å²) in [6.45, 7) is 4.11. The first-order chi connectivity index (χ1) is 9.70. The van der Waals surface area contributed by atoms with Gasteiger partial charge in [-0.15, -0.1) is 0 Å². The summed E-state index contributed by atoms with van der Waals surface area (Å²) in [5.41, 5.74) is -0.950. The zero-order valence-electron chi connectivity index (χ0n) is 12.5. The average Bonchev–Trinajstić information content (AvgIpc) is 2.84. The van der Waals surface area contributed by atoms with E-state index in [1.54, 1.807) is 0 Å². The molecule has 0 bridgehead atoms. The van der Waals surface area contributed by atoms with E-state index in [1.807, 2.05) is 13.8 Å². The molecule has 1 amide bonds. The van der Waals surface area contributed by atoms with Crippen LogP contribution >= 0.6 is 0 Å². The molecule has 0 aromatic carbocycles. The maximum atomic E-state index is 12.5. The normalized spacial score (nSPS) is 32.3. The molecule has 0 saturated carbocycles. The minimum absolute atomic E-state index is 0.0610. The maximum absolute atomic E-state index is 12.5. The molecule has 0 aromatic heterocycles. The van der Waals surface area contributed by atoms with Gasteiger partial charge in [-0.25, -0.2) is 8.42 Å². The molecule has 0 radical (unpaired) electrons. The van der Waals surface area contributed by atoms with Crippen LogP contribution in [0.5, 0.6) is 0 Å². The highest BCUT2D eigenvalue weighted by Crippen LogP contribution is 2.39. The number of aliphatic carboxylic acids is 1. The van der Waals surface area contributed by atoms with E-state index in [-0.39, 0.29) is 18.2 Å². The summed E-state index contributed by atoms with van der Waals surface area (Å²) in [5, 5.41) is 8.52. The van der Waals surface area contributed by atoms with E-state index in [0.29, 0.717) is 25.8 Å². The lowest BCUT2D eigenvalue weighted by Gasteiger charge is -2.30. The van der Waals surface area contributed by atoms with Crippen LogP contribution in [0.2, 0.25) is 0 Å². The number of rotatable bonds is 3. The number of carboxylic acids is 1. The Hall–Kier alpha value is -1.11. The molecule has 0 aromatic rings. The summed E-state index contributed by atoms with van der Waals surface area (Å²) in [6.07, 6.45) is 2.09. The lowest BCUT2D eigenvalue weighted by Crippen LogP contribution is -2.46. The number of hydrogen-bond donors (Lipinski definition) is 1. The molecule has 6 nitrogen and oxygen atoms in total. The van der Waals surface area contributed by atoms with Gasteiger partial charge in [-0.1, -0.05) is 20.3 Å². The fourth-order valence-corrected chi connectivity index (χ4v) is 5.22. The van der Waals surface area contributed by atoms with Crippen molar-refractivity contribution >= 4 is 21.7 Å². The third-order valence-electron chi connectivity index (χ3n) is 5.00. The third-order valence-corrected chi connectivity index (χ3v) is 7.16. The predicted octanol–water partition coefficient (Wildman–Crippen LogP) is 0.913. The molecule has 21 heavy (non-hydrogen) atoms. The predicted molar refractivity (Wildman–Crippen MR) is 77.5 cm³/mol. The number of hydrogen-bond acceptors (Lipinski definition) is 4. The summed E-state index contributed by atoms with van der Waals surface area (Å²) in [6, 6.07) is 0. The molecule has 2 rings (SSSR count). The fourth-order valence-electron chi connectivity index (χ4n) is 3.35. The summed E-state index contributed by atoms with van der Waals surface area (Å²) in [4.78, 5) is 25.5. The molecule has 2 aliphatic rings. The molecule has 0 aliphatic carbocycles. The zero-order valence-corrected chi connectivity index (χ0v) is 13.4. The molecule has 0 spiro atoms. The lowest BCUT2D eigenvalue weighted by molar-refractivity contribution is -0.151. The van der Waals surface area contributed by atoms with Crippen LogP contribution in [0.3, 0.4) is 0 Å². The van der Waals surface area contributed by atoms with E-state index >= 15 is 0 Å². The van der Waals surface area contributed by atoms with Crippen LogP contribution in [0.25, 0.3) is 0 Å². The van der Waals surface area contributed by atoms with Gasteiger partial charge in [0, 0.05) is 13.1 Å². The quantitative estimate of drug-likeness (QED) is 0.835. The molecule has 2 unspecified atom stereocenters. The number of carbonyl (C=O) groups is 2. The first kappa shape index (κ1) is 16.3. The fraction of sp³-hybridized carbons (Fsp3) is 0.857. The van der Waals surface area contributed by atoms with Gasteiger partial charge in [0.2, 0.25) is 5.91 Å². The lowest BCUT2D eigenvalue weighted by atomic mass is 9.76. The molecular formula is C14H23NO5S. The van der Waals surface area contributed by atoms with Crippen LogP contribution in [0.1, 0.15) is 39.5 Å². The van der Waals surface area contributed by atoms with Gasteiger partial charge >= 0.3 is 5.97 Å². The van der Waals surface area contributed by atoms with Crippen molar-refractivity contribution in [2.45, 2.75) is 44.8 Å². The van der Waals surface area contributed by atoms with Gasteiger partial charge in [0.15, 0.2) is 9.84 Å². The number of amides is 1. The Morgan fingerprint density at radius 3 is 2.43 bits per heavy atom. The largest absolute Gasteiger partial charge is 0.481 e. The van der Waals surface area contributed by atoms with Crippen molar-refractivity contribution in [2.24, 2.45) is 11.3 Å². The number of carbonyl (C=O) groups excluding carboxylic acids is 1. The maximum Gasteiger partial charge on any atom is 0.311 e. The highest BCUT2D eigenvalue weighted by Gasteiger charge is 2.50. The standard InChI is InChI=1S/C14H23NO5S/c1-10(2)14(13(17)18)6-7-15(9-14)12(16)11-5-3-4-8-21(11,19)20/h10-11H,3-9H2,1-2H3,(H,17,18). The van der Waals surface area contributed by atoms with Gasteiger partial charge in [-0.3, -0.25) is 9.59 Å². The first-order valence-electron chi connectivity index (χ1n) is 7.44. The van der Waals surface area contributed by atoms with Gasteiger partial charge in [0.25, 0.3) is 0 Å². The Morgan fingerprint density at radius 2 is 1.95 bits per heavy atom. The molecule has 1 N–H and O–H groups in total. The number of sulfone groups is 1. The van der Waals surface area contributed by atoms with E-state index in [2.05, 4.69) is 0 Å². The molecule has 2 fully saturated rings. The van der Waals surface area contributed by atoms with Crippen LogP contribution in [0.4, 0.5) is 0 Å². The minimum Gasteiger partial charge on any atom is -0.481 e. The number of likely N-dealkylation sites (tertiary alicyclic amines) is 1. The number of nitrogens with zero attached hydrogens (tertiary/aromatic N) is 1. The number of carboxylic acid groups (broad SMARTS) is 1. The molecule has 2 heterocycles. The summed E-state index contributed by atoms with van der Waals surface area (Å²) in [7, 11) is -3.38. The summed E-state index contributed by atoms with van der Waals surface area (Å²) < 4.78 is 24.1. The Morgan fingerprint density at radius 1 is 1.29 bits per heavy atom. The van der Waals surface area contributed by atoms with E-state index in [4.69, 9.17) is 0 Å². The monoisotopic (exact) mass is 317 g/mol. The van der Waals surface area contributed by atoms with E-state index in [9.17, 15) is 23.1 Å². The minimum atomic E-state index is -3.38. The molecule has 2 saturated heterocycles. The van der Waals surface area contributed by atoms with Crippen LogP contribution < -0.4 is 0 Å². The highest BCUT2D eigenvalue weighted by molar-refractivity contribution is 7.92. The van der Waals surface area contributed by atoms with Gasteiger partial charge in [-0.2, -0.15) is 0 Å². The Bertz CT molecular complexity index is 542. The van der Waals surface area contributed by atoms with Crippen molar-refractivity contribution in [1.82, 2.24) is 4.90 Å². The summed E-state index contributed by atoms with van der Waals surface area (Å²) >= 11 is 0. The highest BCUT2D eigenvalue weighted by atomic mass is 32.2. The van der Waals surface area contributed by atoms with Crippen LogP contribution in [-0.4, -0.2) is 54.4 Å². The van der Waals surface area contributed by atoms with Gasteiger partial charge in [0.1, 0.15) is 5.25 Å². The van der Waals surface area contributed by atoms with Crippen LogP contribution in [-0.2, 0) is 19.4 Å². The van der Waals surface area contributed by atoms with E-state index in [1.165, 1.54) is 4.90 Å². The smallest absolute Gasteiger partial charge is 0.311 e. The van der Waals surface area contributed by atoms with Gasteiger partial charge in [-0.05, 0) is 25.2 Å².